The molecule has 0 amide bonds. The summed E-state index contributed by atoms with van der Waals surface area (Å²) in [6.45, 7) is 0.408. The van der Waals surface area contributed by atoms with E-state index in [9.17, 15) is 18.3 Å². The number of aromatic amines is 1. The van der Waals surface area contributed by atoms with Gasteiger partial charge in [-0.3, -0.25) is 9.78 Å². The van der Waals surface area contributed by atoms with Crippen LogP contribution < -0.4 is 4.87 Å². The summed E-state index contributed by atoms with van der Waals surface area (Å²) in [7, 11) is -3.50. The first-order chi connectivity index (χ1) is 10.5. The first-order valence-electron chi connectivity index (χ1n) is 6.93. The smallest absolute Gasteiger partial charge is 0.307 e. The maximum absolute atomic E-state index is 12.7. The van der Waals surface area contributed by atoms with E-state index in [1.54, 1.807) is 24.3 Å². The molecule has 1 aromatic carbocycles. The molecule has 2 heterocycles. The quantitative estimate of drug-likeness (QED) is 0.888. The van der Waals surface area contributed by atoms with E-state index in [1.807, 2.05) is 6.07 Å². The summed E-state index contributed by atoms with van der Waals surface area (Å²) < 4.78 is 26.7. The molecule has 1 aliphatic rings. The molecule has 0 saturated carbocycles. The van der Waals surface area contributed by atoms with Gasteiger partial charge < -0.3 is 5.11 Å². The van der Waals surface area contributed by atoms with E-state index in [4.69, 9.17) is 0 Å². The summed E-state index contributed by atoms with van der Waals surface area (Å²) in [4.78, 5) is 13.7. The molecule has 0 radical (unpaired) electrons. The number of H-pyrrole nitrogens is 1. The maximum Gasteiger partial charge on any atom is 0.307 e. The average molecular weight is 340 g/mol. The number of thiazole rings is 1. The Bertz CT molecular complexity index is 811. The number of sulfonamides is 1. The summed E-state index contributed by atoms with van der Waals surface area (Å²) in [5.41, 5.74) is 0.722. The molecule has 1 atom stereocenters. The molecule has 1 fully saturated rings. The standard InChI is InChI=1S/C14H16N2O4S2/c17-13-12(21-14(18)15-13)11-7-4-8-16(11)22(19,20)9-10-5-2-1-3-6-10/h1-3,5-6,11,17H,4,7-9H2,(H,15,18). The van der Waals surface area contributed by atoms with Crippen molar-refractivity contribution < 1.29 is 13.5 Å². The lowest BCUT2D eigenvalue weighted by atomic mass is 10.2. The van der Waals surface area contributed by atoms with Crippen molar-refractivity contribution in [2.45, 2.75) is 24.6 Å². The van der Waals surface area contributed by atoms with Crippen LogP contribution in [0.5, 0.6) is 5.88 Å². The van der Waals surface area contributed by atoms with E-state index < -0.39 is 16.1 Å². The number of nitrogens with one attached hydrogen (secondary N) is 1. The van der Waals surface area contributed by atoms with Crippen LogP contribution in [0.15, 0.2) is 35.1 Å². The molecule has 0 bridgehead atoms. The molecule has 1 aromatic heterocycles. The van der Waals surface area contributed by atoms with E-state index in [0.717, 1.165) is 16.9 Å². The normalized spacial score (nSPS) is 19.5. The average Bonchev–Trinajstić information content (AvgIpc) is 3.06. The molecule has 22 heavy (non-hydrogen) atoms. The van der Waals surface area contributed by atoms with Gasteiger partial charge in [0.15, 0.2) is 0 Å². The zero-order chi connectivity index (χ0) is 15.7. The lowest BCUT2D eigenvalue weighted by Crippen LogP contribution is -2.31. The summed E-state index contributed by atoms with van der Waals surface area (Å²) in [5, 5.41) is 9.80. The second-order valence-corrected chi connectivity index (χ2v) is 8.17. The fraction of sp³-hybridized carbons (Fsp3) is 0.357. The predicted octanol–water partition coefficient (Wildman–Crippen LogP) is 1.81. The molecule has 2 aromatic rings. The van der Waals surface area contributed by atoms with E-state index in [0.29, 0.717) is 24.3 Å². The van der Waals surface area contributed by atoms with Gasteiger partial charge in [0, 0.05) is 6.54 Å². The Balaban J connectivity index is 1.89. The minimum Gasteiger partial charge on any atom is -0.494 e. The van der Waals surface area contributed by atoms with Crippen molar-refractivity contribution in [2.24, 2.45) is 0 Å². The monoisotopic (exact) mass is 340 g/mol. The highest BCUT2D eigenvalue weighted by molar-refractivity contribution is 7.88. The molecular weight excluding hydrogens is 324 g/mol. The van der Waals surface area contributed by atoms with Crippen molar-refractivity contribution in [1.29, 1.82) is 0 Å². The second-order valence-electron chi connectivity index (χ2n) is 5.24. The minimum atomic E-state index is -3.50. The van der Waals surface area contributed by atoms with Gasteiger partial charge in [0.25, 0.3) is 0 Å². The fourth-order valence-electron chi connectivity index (χ4n) is 2.76. The molecule has 2 N–H and O–H groups in total. The third-order valence-corrected chi connectivity index (χ3v) is 6.53. The summed E-state index contributed by atoms with van der Waals surface area (Å²) >= 11 is 0.871. The van der Waals surface area contributed by atoms with Gasteiger partial charge in [-0.1, -0.05) is 41.7 Å². The van der Waals surface area contributed by atoms with Crippen molar-refractivity contribution in [3.05, 3.63) is 50.4 Å². The number of aromatic nitrogens is 1. The molecule has 8 heteroatoms. The Morgan fingerprint density at radius 3 is 2.68 bits per heavy atom. The van der Waals surface area contributed by atoms with Gasteiger partial charge in [0.1, 0.15) is 0 Å². The fourth-order valence-corrected chi connectivity index (χ4v) is 5.49. The highest BCUT2D eigenvalue weighted by Gasteiger charge is 2.37. The molecule has 3 rings (SSSR count). The van der Waals surface area contributed by atoms with Crippen molar-refractivity contribution in [1.82, 2.24) is 9.29 Å². The van der Waals surface area contributed by atoms with Crippen molar-refractivity contribution in [2.75, 3.05) is 6.54 Å². The molecule has 0 spiro atoms. The Morgan fingerprint density at radius 2 is 2.05 bits per heavy atom. The second kappa shape index (κ2) is 5.86. The number of rotatable bonds is 4. The summed E-state index contributed by atoms with van der Waals surface area (Å²) in [6.07, 6.45) is 1.32. The van der Waals surface area contributed by atoms with E-state index >= 15 is 0 Å². The first kappa shape index (κ1) is 15.3. The van der Waals surface area contributed by atoms with Gasteiger partial charge in [0.2, 0.25) is 15.9 Å². The first-order valence-corrected chi connectivity index (χ1v) is 9.35. The van der Waals surface area contributed by atoms with E-state index in [-0.39, 0.29) is 16.5 Å². The molecule has 6 nitrogen and oxygen atoms in total. The van der Waals surface area contributed by atoms with Crippen LogP contribution in [0.2, 0.25) is 0 Å². The van der Waals surface area contributed by atoms with Crippen LogP contribution >= 0.6 is 11.3 Å². The number of hydrogen-bond acceptors (Lipinski definition) is 5. The Labute approximate surface area is 132 Å². The zero-order valence-electron chi connectivity index (χ0n) is 11.7. The number of nitrogens with zero attached hydrogens (tertiary/aromatic N) is 1. The topological polar surface area (TPSA) is 90.5 Å². The SMILES string of the molecule is O=c1[nH]c(O)c(C2CCCN2S(=O)(=O)Cc2ccccc2)s1. The van der Waals surface area contributed by atoms with Crippen LogP contribution in [0, 0.1) is 0 Å². The van der Waals surface area contributed by atoms with Crippen molar-refractivity contribution >= 4 is 21.4 Å². The van der Waals surface area contributed by atoms with Crippen LogP contribution in [-0.4, -0.2) is 29.4 Å². The Kier molecular flexibility index (Phi) is 4.07. The maximum atomic E-state index is 12.7. The zero-order valence-corrected chi connectivity index (χ0v) is 13.4. The largest absolute Gasteiger partial charge is 0.494 e. The van der Waals surface area contributed by atoms with Crippen molar-refractivity contribution in [3.8, 4) is 5.88 Å². The molecule has 1 saturated heterocycles. The lowest BCUT2D eigenvalue weighted by Gasteiger charge is -2.23. The van der Waals surface area contributed by atoms with Crippen LogP contribution in [0.1, 0.15) is 29.3 Å². The third-order valence-electron chi connectivity index (χ3n) is 3.71. The molecular formula is C14H16N2O4S2. The van der Waals surface area contributed by atoms with Crippen LogP contribution in [-0.2, 0) is 15.8 Å². The van der Waals surface area contributed by atoms with Gasteiger partial charge in [-0.25, -0.2) is 8.42 Å². The third kappa shape index (κ3) is 2.94. The summed E-state index contributed by atoms with van der Waals surface area (Å²) in [6, 6.07) is 8.53. The van der Waals surface area contributed by atoms with Crippen LogP contribution in [0.4, 0.5) is 0 Å². The van der Waals surface area contributed by atoms with E-state index in [1.165, 1.54) is 4.31 Å². The van der Waals surface area contributed by atoms with Gasteiger partial charge in [0.05, 0.1) is 16.7 Å². The lowest BCUT2D eigenvalue weighted by molar-refractivity contribution is 0.380. The highest BCUT2D eigenvalue weighted by Crippen LogP contribution is 2.39. The summed E-state index contributed by atoms with van der Waals surface area (Å²) in [5.74, 6) is -0.299. The van der Waals surface area contributed by atoms with Crippen molar-refractivity contribution in [3.63, 3.8) is 0 Å². The molecule has 0 aliphatic carbocycles. The number of aromatic hydroxyl groups is 1. The van der Waals surface area contributed by atoms with Gasteiger partial charge in [-0.05, 0) is 18.4 Å². The molecule has 1 unspecified atom stereocenters. The molecule has 1 aliphatic heterocycles. The Hall–Kier alpha value is -1.64. The van der Waals surface area contributed by atoms with Crippen LogP contribution in [0.25, 0.3) is 0 Å². The predicted molar refractivity (Wildman–Crippen MR) is 84.4 cm³/mol. The number of benzene rings is 1. The number of hydrogen-bond donors (Lipinski definition) is 2. The Morgan fingerprint density at radius 1 is 1.32 bits per heavy atom. The van der Waals surface area contributed by atoms with Gasteiger partial charge in [-0.15, -0.1) is 0 Å². The highest BCUT2D eigenvalue weighted by atomic mass is 32.2. The van der Waals surface area contributed by atoms with Gasteiger partial charge >= 0.3 is 4.87 Å². The minimum absolute atomic E-state index is 0.0789. The van der Waals surface area contributed by atoms with Crippen LogP contribution in [0.3, 0.4) is 0 Å². The van der Waals surface area contributed by atoms with E-state index in [2.05, 4.69) is 4.98 Å². The molecule has 118 valence electrons. The van der Waals surface area contributed by atoms with Gasteiger partial charge in [-0.2, -0.15) is 4.31 Å².